The summed E-state index contributed by atoms with van der Waals surface area (Å²) in [6.45, 7) is 3.52. The number of nitrogens with zero attached hydrogens (tertiary/aromatic N) is 2. The van der Waals surface area contributed by atoms with Crippen molar-refractivity contribution in [2.75, 3.05) is 13.6 Å². The molecule has 2 atom stereocenters. The second kappa shape index (κ2) is 9.96. The van der Waals surface area contributed by atoms with Gasteiger partial charge < -0.3 is 4.90 Å². The summed E-state index contributed by atoms with van der Waals surface area (Å²) < 4.78 is 13.0. The third-order valence-corrected chi connectivity index (χ3v) is 4.42. The Hall–Kier alpha value is -2.18. The zero-order valence-corrected chi connectivity index (χ0v) is 15.2. The van der Waals surface area contributed by atoms with Crippen LogP contribution in [-0.4, -0.2) is 24.7 Å². The number of hydrogen-bond acceptors (Lipinski definition) is 2. The van der Waals surface area contributed by atoms with Crippen molar-refractivity contribution < 1.29 is 4.39 Å². The third-order valence-electron chi connectivity index (χ3n) is 4.42. The van der Waals surface area contributed by atoms with E-state index in [-0.39, 0.29) is 5.92 Å². The maximum atomic E-state index is 13.0. The van der Waals surface area contributed by atoms with Gasteiger partial charge in [0.05, 0.1) is 6.07 Å². The van der Waals surface area contributed by atoms with E-state index in [0.717, 1.165) is 31.5 Å². The molecule has 2 aromatic rings. The van der Waals surface area contributed by atoms with Gasteiger partial charge in [-0.05, 0) is 49.5 Å². The van der Waals surface area contributed by atoms with Crippen LogP contribution in [0.5, 0.6) is 0 Å². The molecule has 0 bridgehead atoms. The minimum atomic E-state index is -0.600. The largest absolute Gasteiger partial charge is 0.302 e. The normalized spacial score (nSPS) is 18.2. The van der Waals surface area contributed by atoms with Gasteiger partial charge in [0.2, 0.25) is 0 Å². The Bertz CT molecular complexity index is 661. The molecule has 0 heterocycles. The highest BCUT2D eigenvalue weighted by atomic mass is 19.1. The van der Waals surface area contributed by atoms with Gasteiger partial charge in [-0.25, -0.2) is 4.39 Å². The average Bonchev–Trinajstić information content (AvgIpc) is 3.34. The van der Waals surface area contributed by atoms with Gasteiger partial charge in [0.15, 0.2) is 0 Å². The number of aryl methyl sites for hydroxylation is 1. The molecule has 1 aliphatic carbocycles. The highest BCUT2D eigenvalue weighted by molar-refractivity contribution is 5.30. The molecule has 0 saturated heterocycles. The van der Waals surface area contributed by atoms with Crippen molar-refractivity contribution in [2.45, 2.75) is 44.8 Å². The first kappa shape index (κ1) is 19.1. The van der Waals surface area contributed by atoms with E-state index in [2.05, 4.69) is 66.5 Å². The predicted molar refractivity (Wildman–Crippen MR) is 101 cm³/mol. The van der Waals surface area contributed by atoms with E-state index >= 15 is 0 Å². The van der Waals surface area contributed by atoms with Gasteiger partial charge >= 0.3 is 0 Å². The van der Waals surface area contributed by atoms with Crippen molar-refractivity contribution in [2.24, 2.45) is 0 Å². The van der Waals surface area contributed by atoms with Crippen molar-refractivity contribution in [3.05, 3.63) is 71.3 Å². The smallest absolute Gasteiger partial charge is 0.108 e. The highest BCUT2D eigenvalue weighted by Crippen LogP contribution is 2.43. The Morgan fingerprint density at radius 3 is 2.24 bits per heavy atom. The molecule has 1 fully saturated rings. The summed E-state index contributed by atoms with van der Waals surface area (Å²) in [5.74, 6) is 0.172. The maximum absolute atomic E-state index is 13.0. The van der Waals surface area contributed by atoms with Crippen LogP contribution in [0.3, 0.4) is 0 Å². The van der Waals surface area contributed by atoms with Crippen LogP contribution in [0.4, 0.5) is 4.39 Å². The predicted octanol–water partition coefficient (Wildman–Crippen LogP) is 5.11. The Morgan fingerprint density at radius 1 is 1.08 bits per heavy atom. The van der Waals surface area contributed by atoms with E-state index in [1.165, 1.54) is 18.1 Å². The van der Waals surface area contributed by atoms with Gasteiger partial charge in [0.25, 0.3) is 0 Å². The maximum Gasteiger partial charge on any atom is 0.108 e. The summed E-state index contributed by atoms with van der Waals surface area (Å²) in [6.07, 6.45) is 2.35. The van der Waals surface area contributed by atoms with E-state index in [1.54, 1.807) is 6.07 Å². The molecule has 0 aliphatic heterocycles. The molecular formula is C22H27FN2. The summed E-state index contributed by atoms with van der Waals surface area (Å²) in [7, 11) is 2.17. The molecule has 2 unspecified atom stereocenters. The zero-order chi connectivity index (χ0) is 18.1. The number of halogens is 1. The minimum absolute atomic E-state index is 0.172. The second-order valence-electron chi connectivity index (χ2n) is 6.65. The minimum Gasteiger partial charge on any atom is -0.302 e. The van der Waals surface area contributed by atoms with Crippen molar-refractivity contribution in [1.82, 2.24) is 4.90 Å². The average molecular weight is 338 g/mol. The SMILES string of the molecule is CC#N.CN(CCCc1ccc(C2CC2F)cc1)Cc1ccccc1. The summed E-state index contributed by atoms with van der Waals surface area (Å²) in [5, 5.41) is 7.32. The van der Waals surface area contributed by atoms with Gasteiger partial charge in [0.1, 0.15) is 6.17 Å². The third kappa shape index (κ3) is 6.68. The van der Waals surface area contributed by atoms with Crippen LogP contribution in [0.2, 0.25) is 0 Å². The van der Waals surface area contributed by atoms with Gasteiger partial charge in [-0.3, -0.25) is 0 Å². The molecule has 2 aromatic carbocycles. The monoisotopic (exact) mass is 338 g/mol. The van der Waals surface area contributed by atoms with Gasteiger partial charge in [-0.2, -0.15) is 5.26 Å². The number of hydrogen-bond donors (Lipinski definition) is 0. The molecule has 0 radical (unpaired) electrons. The van der Waals surface area contributed by atoms with Gasteiger partial charge in [-0.15, -0.1) is 0 Å². The zero-order valence-electron chi connectivity index (χ0n) is 15.2. The van der Waals surface area contributed by atoms with Crippen molar-refractivity contribution >= 4 is 0 Å². The Morgan fingerprint density at radius 2 is 1.68 bits per heavy atom. The molecule has 1 saturated carbocycles. The quantitative estimate of drug-likeness (QED) is 0.702. The van der Waals surface area contributed by atoms with Crippen LogP contribution in [0, 0.1) is 11.3 Å². The summed E-state index contributed by atoms with van der Waals surface area (Å²) in [4.78, 5) is 2.36. The van der Waals surface area contributed by atoms with E-state index < -0.39 is 6.17 Å². The van der Waals surface area contributed by atoms with Crippen LogP contribution in [0.1, 0.15) is 42.4 Å². The van der Waals surface area contributed by atoms with E-state index in [1.807, 2.05) is 0 Å². The Kier molecular flexibility index (Phi) is 7.63. The van der Waals surface area contributed by atoms with Crippen molar-refractivity contribution in [3.8, 4) is 6.07 Å². The van der Waals surface area contributed by atoms with Crippen LogP contribution >= 0.6 is 0 Å². The van der Waals surface area contributed by atoms with Gasteiger partial charge in [0, 0.05) is 19.4 Å². The lowest BCUT2D eigenvalue weighted by atomic mass is 10.0. The fourth-order valence-electron chi connectivity index (χ4n) is 2.97. The molecule has 0 N–H and O–H groups in total. The molecule has 132 valence electrons. The Balaban J connectivity index is 0.000000701. The first-order chi connectivity index (χ1) is 12.1. The van der Waals surface area contributed by atoms with Crippen LogP contribution in [-0.2, 0) is 13.0 Å². The van der Waals surface area contributed by atoms with Gasteiger partial charge in [-0.1, -0.05) is 54.6 Å². The molecule has 2 nitrogen and oxygen atoms in total. The lowest BCUT2D eigenvalue weighted by Gasteiger charge is -2.16. The lowest BCUT2D eigenvalue weighted by molar-refractivity contribution is 0.322. The van der Waals surface area contributed by atoms with Crippen molar-refractivity contribution in [3.63, 3.8) is 0 Å². The molecule has 3 heteroatoms. The fraction of sp³-hybridized carbons (Fsp3) is 0.409. The molecule has 3 rings (SSSR count). The molecule has 25 heavy (non-hydrogen) atoms. The molecule has 1 aliphatic rings. The molecule has 0 spiro atoms. The number of alkyl halides is 1. The van der Waals surface area contributed by atoms with Crippen LogP contribution in [0.25, 0.3) is 0 Å². The van der Waals surface area contributed by atoms with E-state index in [4.69, 9.17) is 5.26 Å². The topological polar surface area (TPSA) is 27.0 Å². The number of nitriles is 1. The van der Waals surface area contributed by atoms with Crippen LogP contribution < -0.4 is 0 Å². The first-order valence-electron chi connectivity index (χ1n) is 8.90. The summed E-state index contributed by atoms with van der Waals surface area (Å²) in [6, 6.07) is 20.9. The first-order valence-corrected chi connectivity index (χ1v) is 8.90. The standard InChI is InChI=1S/C20H24FN.C2H3N/c1-22(15-17-6-3-2-4-7-17)13-5-8-16-9-11-18(12-10-16)19-14-20(19)21;1-2-3/h2-4,6-7,9-12,19-20H,5,8,13-15H2,1H3;1H3. The highest BCUT2D eigenvalue weighted by Gasteiger charge is 2.38. The Labute approximate surface area is 150 Å². The van der Waals surface area contributed by atoms with Crippen LogP contribution in [0.15, 0.2) is 54.6 Å². The fourth-order valence-corrected chi connectivity index (χ4v) is 2.97. The molecule has 0 aromatic heterocycles. The summed E-state index contributed by atoms with van der Waals surface area (Å²) in [5.41, 5.74) is 3.88. The van der Waals surface area contributed by atoms with Crippen molar-refractivity contribution in [1.29, 1.82) is 5.26 Å². The lowest BCUT2D eigenvalue weighted by Crippen LogP contribution is -2.19. The summed E-state index contributed by atoms with van der Waals surface area (Å²) >= 11 is 0. The second-order valence-corrected chi connectivity index (χ2v) is 6.65. The molecular weight excluding hydrogens is 311 g/mol. The number of rotatable bonds is 7. The van der Waals surface area contributed by atoms with E-state index in [0.29, 0.717) is 6.42 Å². The molecule has 0 amide bonds. The number of benzene rings is 2. The van der Waals surface area contributed by atoms with E-state index in [9.17, 15) is 4.39 Å².